The highest BCUT2D eigenvalue weighted by atomic mass is 79.9. The first-order valence-electron chi connectivity index (χ1n) is 7.15. The summed E-state index contributed by atoms with van der Waals surface area (Å²) in [7, 11) is 0. The lowest BCUT2D eigenvalue weighted by molar-refractivity contribution is 0.380. The zero-order valence-corrected chi connectivity index (χ0v) is 13.0. The van der Waals surface area contributed by atoms with E-state index in [2.05, 4.69) is 28.0 Å². The van der Waals surface area contributed by atoms with E-state index in [1.54, 1.807) is 0 Å². The molecule has 0 fully saturated rings. The fourth-order valence-corrected chi connectivity index (χ4v) is 2.42. The van der Waals surface area contributed by atoms with Crippen molar-refractivity contribution in [3.63, 3.8) is 0 Å². The molecule has 18 heavy (non-hydrogen) atoms. The Morgan fingerprint density at radius 2 is 1.56 bits per heavy atom. The summed E-state index contributed by atoms with van der Waals surface area (Å²) in [4.78, 5) is 0. The third-order valence-corrected chi connectivity index (χ3v) is 4.08. The summed E-state index contributed by atoms with van der Waals surface area (Å²) in [6.45, 7) is 2.26. The minimum Gasteiger partial charge on any atom is -0.380 e. The number of nitrogens with zero attached hydrogens (tertiary/aromatic N) is 1. The molecule has 0 atom stereocenters. The average molecular weight is 317 g/mol. The zero-order chi connectivity index (χ0) is 13.2. The Morgan fingerprint density at radius 1 is 1.00 bits per heavy atom. The normalized spacial score (nSPS) is 11.0. The van der Waals surface area contributed by atoms with Crippen LogP contribution in [0.15, 0.2) is 9.00 Å². The molecule has 1 heterocycles. The van der Waals surface area contributed by atoms with Crippen LogP contribution >= 0.6 is 15.9 Å². The highest BCUT2D eigenvalue weighted by Crippen LogP contribution is 2.24. The van der Waals surface area contributed by atoms with Crippen LogP contribution in [0, 0.1) is 0 Å². The van der Waals surface area contributed by atoms with Gasteiger partial charge in [0.15, 0.2) is 11.6 Å². The fraction of sp³-hybridized carbons (Fsp3) is 0.786. The predicted molar refractivity (Wildman–Crippen MR) is 79.5 cm³/mol. The van der Waals surface area contributed by atoms with Gasteiger partial charge in [0, 0.05) is 6.42 Å². The molecule has 104 valence electrons. The van der Waals surface area contributed by atoms with E-state index in [0.29, 0.717) is 5.82 Å². The van der Waals surface area contributed by atoms with Crippen molar-refractivity contribution in [2.75, 3.05) is 5.73 Å². The van der Waals surface area contributed by atoms with E-state index in [1.807, 2.05) is 0 Å². The lowest BCUT2D eigenvalue weighted by Gasteiger charge is -2.01. The minimum absolute atomic E-state index is 0.459. The maximum Gasteiger partial charge on any atom is 0.181 e. The van der Waals surface area contributed by atoms with E-state index in [4.69, 9.17) is 10.3 Å². The van der Waals surface area contributed by atoms with Gasteiger partial charge < -0.3 is 10.3 Å². The summed E-state index contributed by atoms with van der Waals surface area (Å²) in [5, 5.41) is 3.73. The molecule has 0 unspecified atom stereocenters. The summed E-state index contributed by atoms with van der Waals surface area (Å²) < 4.78 is 5.98. The maximum atomic E-state index is 5.60. The van der Waals surface area contributed by atoms with Crippen LogP contribution in [0.1, 0.15) is 70.5 Å². The lowest BCUT2D eigenvalue weighted by atomic mass is 10.1. The number of anilines is 1. The lowest BCUT2D eigenvalue weighted by Crippen LogP contribution is -1.87. The number of nitrogens with two attached hydrogens (primary N) is 1. The van der Waals surface area contributed by atoms with Crippen molar-refractivity contribution in [1.82, 2.24) is 5.16 Å². The standard InChI is InChI=1S/C14H25BrN2O/c1-2-3-4-5-6-7-8-9-10-11-12-13(15)14(16)17-18-12/h2-11H2,1H3,(H2,16,17). The van der Waals surface area contributed by atoms with Crippen molar-refractivity contribution in [3.05, 3.63) is 10.2 Å². The number of hydrogen-bond acceptors (Lipinski definition) is 3. The second kappa shape index (κ2) is 9.42. The molecule has 0 saturated heterocycles. The van der Waals surface area contributed by atoms with E-state index < -0.39 is 0 Å². The van der Waals surface area contributed by atoms with Crippen molar-refractivity contribution >= 4 is 21.7 Å². The van der Waals surface area contributed by atoms with Crippen LogP contribution in [0.4, 0.5) is 5.82 Å². The molecule has 0 saturated carbocycles. The van der Waals surface area contributed by atoms with Gasteiger partial charge in [0.2, 0.25) is 0 Å². The maximum absolute atomic E-state index is 5.60. The van der Waals surface area contributed by atoms with Gasteiger partial charge in [0.25, 0.3) is 0 Å². The minimum atomic E-state index is 0.459. The second-order valence-corrected chi connectivity index (χ2v) is 5.68. The average Bonchev–Trinajstić information content (AvgIpc) is 2.68. The fourth-order valence-electron chi connectivity index (χ4n) is 2.08. The molecule has 0 radical (unpaired) electrons. The van der Waals surface area contributed by atoms with Crippen molar-refractivity contribution in [2.24, 2.45) is 0 Å². The number of rotatable bonds is 10. The van der Waals surface area contributed by atoms with Crippen LogP contribution in [0.25, 0.3) is 0 Å². The third kappa shape index (κ3) is 5.89. The first-order valence-corrected chi connectivity index (χ1v) is 7.94. The van der Waals surface area contributed by atoms with Crippen LogP contribution in [-0.4, -0.2) is 5.16 Å². The highest BCUT2D eigenvalue weighted by molar-refractivity contribution is 9.10. The summed E-state index contributed by atoms with van der Waals surface area (Å²) in [5.41, 5.74) is 5.60. The Hall–Kier alpha value is -0.510. The molecule has 0 aliphatic heterocycles. The molecule has 0 aliphatic rings. The van der Waals surface area contributed by atoms with Crippen molar-refractivity contribution in [1.29, 1.82) is 0 Å². The van der Waals surface area contributed by atoms with Crippen LogP contribution < -0.4 is 5.73 Å². The first-order chi connectivity index (χ1) is 8.75. The van der Waals surface area contributed by atoms with Gasteiger partial charge >= 0.3 is 0 Å². The topological polar surface area (TPSA) is 52.0 Å². The van der Waals surface area contributed by atoms with Crippen LogP contribution in [-0.2, 0) is 6.42 Å². The van der Waals surface area contributed by atoms with E-state index in [9.17, 15) is 0 Å². The second-order valence-electron chi connectivity index (χ2n) is 4.88. The van der Waals surface area contributed by atoms with Crippen LogP contribution in [0.5, 0.6) is 0 Å². The number of hydrogen-bond donors (Lipinski definition) is 1. The van der Waals surface area contributed by atoms with Gasteiger partial charge in [-0.15, -0.1) is 0 Å². The number of halogens is 1. The first kappa shape index (κ1) is 15.5. The summed E-state index contributed by atoms with van der Waals surface area (Å²) in [6.07, 6.45) is 13.0. The molecular weight excluding hydrogens is 292 g/mol. The Bertz CT molecular complexity index is 326. The number of unbranched alkanes of at least 4 members (excludes halogenated alkanes) is 8. The molecule has 2 N–H and O–H groups in total. The van der Waals surface area contributed by atoms with Gasteiger partial charge in [-0.3, -0.25) is 0 Å². The molecule has 0 amide bonds. The van der Waals surface area contributed by atoms with Gasteiger partial charge in [-0.2, -0.15) is 0 Å². The van der Waals surface area contributed by atoms with Gasteiger partial charge in [-0.1, -0.05) is 63.4 Å². The number of nitrogen functional groups attached to an aromatic ring is 1. The molecule has 1 rings (SSSR count). The summed E-state index contributed by atoms with van der Waals surface area (Å²) in [6, 6.07) is 0. The van der Waals surface area contributed by atoms with Gasteiger partial charge in [0.1, 0.15) is 4.47 Å². The molecule has 1 aromatic heterocycles. The molecule has 4 heteroatoms. The Kier molecular flexibility index (Phi) is 8.14. The van der Waals surface area contributed by atoms with Gasteiger partial charge in [0.05, 0.1) is 0 Å². The smallest absolute Gasteiger partial charge is 0.181 e. The third-order valence-electron chi connectivity index (χ3n) is 3.23. The quantitative estimate of drug-likeness (QED) is 0.611. The van der Waals surface area contributed by atoms with Gasteiger partial charge in [-0.25, -0.2) is 0 Å². The molecule has 1 aromatic rings. The van der Waals surface area contributed by atoms with Crippen molar-refractivity contribution in [3.8, 4) is 0 Å². The monoisotopic (exact) mass is 316 g/mol. The Balaban J connectivity index is 1.94. The van der Waals surface area contributed by atoms with Gasteiger partial charge in [-0.05, 0) is 22.4 Å². The molecule has 0 bridgehead atoms. The molecule has 0 aromatic carbocycles. The number of aryl methyl sites for hydroxylation is 1. The van der Waals surface area contributed by atoms with E-state index in [-0.39, 0.29) is 0 Å². The molecule has 0 aliphatic carbocycles. The van der Waals surface area contributed by atoms with Crippen molar-refractivity contribution in [2.45, 2.75) is 71.1 Å². The largest absolute Gasteiger partial charge is 0.380 e. The summed E-state index contributed by atoms with van der Waals surface area (Å²) in [5.74, 6) is 1.34. The number of aromatic nitrogens is 1. The molecule has 0 spiro atoms. The van der Waals surface area contributed by atoms with E-state index in [1.165, 1.54) is 51.4 Å². The molecular formula is C14H25BrN2O. The van der Waals surface area contributed by atoms with Crippen LogP contribution in [0.2, 0.25) is 0 Å². The van der Waals surface area contributed by atoms with Crippen molar-refractivity contribution < 1.29 is 4.52 Å². The Morgan fingerprint density at radius 3 is 2.06 bits per heavy atom. The SMILES string of the molecule is CCCCCCCCCCCc1onc(N)c1Br. The highest BCUT2D eigenvalue weighted by Gasteiger charge is 2.09. The zero-order valence-electron chi connectivity index (χ0n) is 11.4. The molecule has 3 nitrogen and oxygen atoms in total. The van der Waals surface area contributed by atoms with E-state index in [0.717, 1.165) is 23.1 Å². The van der Waals surface area contributed by atoms with E-state index >= 15 is 0 Å². The Labute approximate surface area is 119 Å². The predicted octanol–water partition coefficient (Wildman–Crippen LogP) is 5.09. The summed E-state index contributed by atoms with van der Waals surface area (Å²) >= 11 is 3.39. The van der Waals surface area contributed by atoms with Crippen LogP contribution in [0.3, 0.4) is 0 Å².